The average Bonchev–Trinajstić information content (AvgIpc) is 2.70. The van der Waals surface area contributed by atoms with Gasteiger partial charge in [-0.25, -0.2) is 4.79 Å². The molecule has 3 aromatic carbocycles. The van der Waals surface area contributed by atoms with Gasteiger partial charge < -0.3 is 10.2 Å². The van der Waals surface area contributed by atoms with Crippen LogP contribution in [0.4, 0.5) is 0 Å². The number of benzene rings is 3. The minimum Gasteiger partial charge on any atom is -0.508 e. The molecule has 3 nitrogen and oxygen atoms in total. The molecule has 0 fully saturated rings. The van der Waals surface area contributed by atoms with Crippen molar-refractivity contribution in [1.82, 2.24) is 0 Å². The molecule has 0 bridgehead atoms. The van der Waals surface area contributed by atoms with Crippen LogP contribution in [0.2, 0.25) is 0 Å². The van der Waals surface area contributed by atoms with Crippen molar-refractivity contribution in [2.24, 2.45) is 0 Å². The topological polar surface area (TPSA) is 57.5 Å². The van der Waals surface area contributed by atoms with Crippen molar-refractivity contribution in [1.29, 1.82) is 0 Å². The summed E-state index contributed by atoms with van der Waals surface area (Å²) in [5.41, 5.74) is 3.88. The smallest absolute Gasteiger partial charge is 0.335 e. The minimum atomic E-state index is -0.856. The van der Waals surface area contributed by atoms with Gasteiger partial charge in [0.25, 0.3) is 0 Å². The van der Waals surface area contributed by atoms with Crippen LogP contribution in [-0.2, 0) is 6.42 Å². The number of aromatic carboxylic acids is 1. The van der Waals surface area contributed by atoms with E-state index in [9.17, 15) is 4.79 Å². The third-order valence-corrected chi connectivity index (χ3v) is 4.24. The monoisotopic (exact) mass is 362 g/mol. The van der Waals surface area contributed by atoms with Gasteiger partial charge in [0.1, 0.15) is 5.75 Å². The number of phenolic OH excluding ortho intramolecular Hbond substituents is 1. The van der Waals surface area contributed by atoms with E-state index in [1.807, 2.05) is 54.6 Å². The number of carboxylic acids is 1. The highest BCUT2D eigenvalue weighted by atomic mass is 16.4. The molecule has 3 heteroatoms. The van der Waals surface area contributed by atoms with Gasteiger partial charge in [0.05, 0.1) is 5.56 Å². The molecule has 27 heavy (non-hydrogen) atoms. The maximum absolute atomic E-state index is 10.6. The summed E-state index contributed by atoms with van der Waals surface area (Å²) < 4.78 is 0. The van der Waals surface area contributed by atoms with Gasteiger partial charge in [-0.2, -0.15) is 0 Å². The molecule has 3 rings (SSSR count). The first kappa shape index (κ1) is 20.2. The van der Waals surface area contributed by atoms with Crippen LogP contribution in [0.25, 0.3) is 11.1 Å². The van der Waals surface area contributed by atoms with E-state index < -0.39 is 5.97 Å². The van der Waals surface area contributed by atoms with Gasteiger partial charge in [-0.3, -0.25) is 0 Å². The van der Waals surface area contributed by atoms with Gasteiger partial charge in [0.15, 0.2) is 0 Å². The fourth-order valence-electron chi connectivity index (χ4n) is 2.68. The summed E-state index contributed by atoms with van der Waals surface area (Å²) in [6, 6.07) is 24.4. The summed E-state index contributed by atoms with van der Waals surface area (Å²) in [4.78, 5) is 10.6. The van der Waals surface area contributed by atoms with Gasteiger partial charge in [-0.15, -0.1) is 0 Å². The molecule has 3 aromatic rings. The molecule has 0 saturated heterocycles. The molecule has 0 atom stereocenters. The van der Waals surface area contributed by atoms with Gasteiger partial charge in [-0.05, 0) is 53.8 Å². The van der Waals surface area contributed by atoms with Crippen molar-refractivity contribution < 1.29 is 15.0 Å². The molecule has 2 N–H and O–H groups in total. The molecule has 140 valence electrons. The van der Waals surface area contributed by atoms with Crippen molar-refractivity contribution in [2.45, 2.75) is 32.6 Å². The van der Waals surface area contributed by atoms with E-state index in [1.54, 1.807) is 24.3 Å². The second-order valence-corrected chi connectivity index (χ2v) is 6.37. The van der Waals surface area contributed by atoms with Crippen molar-refractivity contribution in [2.75, 3.05) is 0 Å². The number of aromatic hydroxyl groups is 1. The first-order valence-corrected chi connectivity index (χ1v) is 9.27. The number of carboxylic acid groups (broad SMARTS) is 1. The molecule has 0 saturated carbocycles. The Morgan fingerprint density at radius 1 is 0.778 bits per heavy atom. The van der Waals surface area contributed by atoms with Gasteiger partial charge in [0.2, 0.25) is 0 Å². The second kappa shape index (κ2) is 10.8. The molecule has 0 heterocycles. The maximum Gasteiger partial charge on any atom is 0.335 e. The van der Waals surface area contributed by atoms with Crippen molar-refractivity contribution in [3.63, 3.8) is 0 Å². The average molecular weight is 362 g/mol. The number of unbranched alkanes of at least 4 members (excludes halogenated alkanes) is 2. The number of phenols is 1. The normalized spacial score (nSPS) is 9.96. The van der Waals surface area contributed by atoms with E-state index in [1.165, 1.54) is 30.4 Å². The van der Waals surface area contributed by atoms with E-state index in [4.69, 9.17) is 10.2 Å². The Morgan fingerprint density at radius 2 is 1.37 bits per heavy atom. The van der Waals surface area contributed by atoms with Crippen LogP contribution in [0.3, 0.4) is 0 Å². The first-order chi connectivity index (χ1) is 13.1. The number of hydrogen-bond donors (Lipinski definition) is 2. The lowest BCUT2D eigenvalue weighted by Gasteiger charge is -2.00. The third kappa shape index (κ3) is 6.98. The number of rotatable bonds is 6. The quantitative estimate of drug-likeness (QED) is 0.515. The zero-order valence-electron chi connectivity index (χ0n) is 15.6. The lowest BCUT2D eigenvalue weighted by atomic mass is 10.1. The Bertz CT molecular complexity index is 807. The highest BCUT2D eigenvalue weighted by molar-refractivity contribution is 5.87. The molecule has 0 aliphatic heterocycles. The van der Waals surface area contributed by atoms with Crippen LogP contribution in [0.1, 0.15) is 42.1 Å². The van der Waals surface area contributed by atoms with Crippen molar-refractivity contribution in [3.05, 3.63) is 90.0 Å². The largest absolute Gasteiger partial charge is 0.508 e. The van der Waals surface area contributed by atoms with Gasteiger partial charge >= 0.3 is 5.97 Å². The van der Waals surface area contributed by atoms with Crippen LogP contribution >= 0.6 is 0 Å². The minimum absolute atomic E-state index is 0.305. The van der Waals surface area contributed by atoms with E-state index in [0.717, 1.165) is 12.0 Å². The summed E-state index contributed by atoms with van der Waals surface area (Å²) in [7, 11) is 0. The molecular formula is C24H26O3. The fourth-order valence-corrected chi connectivity index (χ4v) is 2.68. The van der Waals surface area contributed by atoms with E-state index in [-0.39, 0.29) is 0 Å². The molecule has 0 aromatic heterocycles. The summed E-state index contributed by atoms with van der Waals surface area (Å²) in [5.74, 6) is -0.551. The van der Waals surface area contributed by atoms with Crippen molar-refractivity contribution >= 4 is 5.97 Å². The van der Waals surface area contributed by atoms with Crippen LogP contribution in [0, 0.1) is 0 Å². The number of carbonyl (C=O) groups is 1. The molecular weight excluding hydrogens is 336 g/mol. The van der Waals surface area contributed by atoms with Crippen LogP contribution in [-0.4, -0.2) is 16.2 Å². The number of hydrogen-bond acceptors (Lipinski definition) is 2. The Morgan fingerprint density at radius 3 is 1.93 bits per heavy atom. The van der Waals surface area contributed by atoms with Crippen molar-refractivity contribution in [3.8, 4) is 16.9 Å². The predicted octanol–water partition coefficient (Wildman–Crippen LogP) is 6.18. The van der Waals surface area contributed by atoms with E-state index >= 15 is 0 Å². The van der Waals surface area contributed by atoms with Crippen LogP contribution in [0.15, 0.2) is 78.9 Å². The second-order valence-electron chi connectivity index (χ2n) is 6.37. The zero-order valence-corrected chi connectivity index (χ0v) is 15.6. The van der Waals surface area contributed by atoms with Gasteiger partial charge in [0, 0.05) is 0 Å². The van der Waals surface area contributed by atoms with Gasteiger partial charge in [-0.1, -0.05) is 74.4 Å². The first-order valence-electron chi connectivity index (χ1n) is 9.27. The third-order valence-electron chi connectivity index (χ3n) is 4.24. The standard InChI is InChI=1S/C12H16O2.C12H10O/c1-2-3-4-5-10-6-8-11(9-7-10)12(13)14;13-12-8-6-11(7-9-12)10-4-2-1-3-5-10/h6-9H,2-5H2,1H3,(H,13,14);1-9,13H. The van der Waals surface area contributed by atoms with E-state index in [2.05, 4.69) is 6.92 Å². The summed E-state index contributed by atoms with van der Waals surface area (Å²) >= 11 is 0. The molecule has 0 spiro atoms. The Labute approximate surface area is 160 Å². The predicted molar refractivity (Wildman–Crippen MR) is 110 cm³/mol. The molecule has 0 aliphatic carbocycles. The van der Waals surface area contributed by atoms with Crippen LogP contribution in [0.5, 0.6) is 5.75 Å². The highest BCUT2D eigenvalue weighted by Gasteiger charge is 2.01. The summed E-state index contributed by atoms with van der Waals surface area (Å²) in [6.45, 7) is 2.17. The fraction of sp³-hybridized carbons (Fsp3) is 0.208. The lowest BCUT2D eigenvalue weighted by Crippen LogP contribution is -1.96. The molecule has 0 radical (unpaired) electrons. The molecule has 0 unspecified atom stereocenters. The zero-order chi connectivity index (χ0) is 19.5. The molecule has 0 amide bonds. The van der Waals surface area contributed by atoms with E-state index in [0.29, 0.717) is 11.3 Å². The Hall–Kier alpha value is -3.07. The highest BCUT2D eigenvalue weighted by Crippen LogP contribution is 2.20. The Balaban J connectivity index is 0.000000194. The summed E-state index contributed by atoms with van der Waals surface area (Å²) in [5, 5.41) is 17.8. The number of aryl methyl sites for hydroxylation is 1. The molecule has 0 aliphatic rings. The van der Waals surface area contributed by atoms with Crippen LogP contribution < -0.4 is 0 Å². The SMILES string of the molecule is CCCCCc1ccc(C(=O)O)cc1.Oc1ccc(-c2ccccc2)cc1. The Kier molecular flexibility index (Phi) is 8.11. The maximum atomic E-state index is 10.6. The summed E-state index contributed by atoms with van der Waals surface area (Å²) in [6.07, 6.45) is 4.69. The lowest BCUT2D eigenvalue weighted by molar-refractivity contribution is 0.0697.